The molecule has 0 aliphatic carbocycles. The SMILES string of the molecule is Fc1ccc(Cl)c(CC2CO2)c1. The van der Waals surface area contributed by atoms with E-state index in [9.17, 15) is 4.39 Å². The van der Waals surface area contributed by atoms with E-state index in [1.165, 1.54) is 12.1 Å². The quantitative estimate of drug-likeness (QED) is 0.647. The maximum Gasteiger partial charge on any atom is 0.123 e. The zero-order chi connectivity index (χ0) is 8.55. The molecule has 0 spiro atoms. The number of hydrogen-bond acceptors (Lipinski definition) is 1. The van der Waals surface area contributed by atoms with Gasteiger partial charge in [0, 0.05) is 11.4 Å². The first-order chi connectivity index (χ1) is 5.75. The van der Waals surface area contributed by atoms with Gasteiger partial charge in [0.15, 0.2) is 0 Å². The van der Waals surface area contributed by atoms with Crippen LogP contribution in [0.3, 0.4) is 0 Å². The molecule has 1 nitrogen and oxygen atoms in total. The Morgan fingerprint density at radius 1 is 1.58 bits per heavy atom. The number of halogens is 2. The maximum absolute atomic E-state index is 12.7. The summed E-state index contributed by atoms with van der Waals surface area (Å²) in [6.45, 7) is 0.771. The number of hydrogen-bond donors (Lipinski definition) is 0. The molecule has 1 saturated heterocycles. The first-order valence-corrected chi connectivity index (χ1v) is 4.19. The molecule has 1 heterocycles. The lowest BCUT2D eigenvalue weighted by Crippen LogP contribution is -1.94. The fourth-order valence-electron chi connectivity index (χ4n) is 1.13. The van der Waals surface area contributed by atoms with Crippen molar-refractivity contribution in [3.05, 3.63) is 34.6 Å². The molecule has 0 aromatic heterocycles. The Labute approximate surface area is 75.1 Å². The maximum atomic E-state index is 12.7. The van der Waals surface area contributed by atoms with Crippen LogP contribution in [0.25, 0.3) is 0 Å². The number of rotatable bonds is 2. The van der Waals surface area contributed by atoms with Gasteiger partial charge in [-0.3, -0.25) is 0 Å². The summed E-state index contributed by atoms with van der Waals surface area (Å²) in [5, 5.41) is 0.618. The zero-order valence-electron chi connectivity index (χ0n) is 6.39. The molecular formula is C9H8ClFO. The monoisotopic (exact) mass is 186 g/mol. The van der Waals surface area contributed by atoms with Gasteiger partial charge in [-0.25, -0.2) is 4.39 Å². The third kappa shape index (κ3) is 1.76. The Hall–Kier alpha value is -0.600. The fourth-order valence-corrected chi connectivity index (χ4v) is 1.33. The summed E-state index contributed by atoms with van der Waals surface area (Å²) in [6.07, 6.45) is 0.973. The highest BCUT2D eigenvalue weighted by Crippen LogP contribution is 2.23. The third-order valence-electron chi connectivity index (χ3n) is 1.86. The van der Waals surface area contributed by atoms with Crippen molar-refractivity contribution >= 4 is 11.6 Å². The van der Waals surface area contributed by atoms with Gasteiger partial charge in [0.25, 0.3) is 0 Å². The van der Waals surface area contributed by atoms with Gasteiger partial charge >= 0.3 is 0 Å². The second kappa shape index (κ2) is 3.04. The van der Waals surface area contributed by atoms with Crippen LogP contribution in [0.15, 0.2) is 18.2 Å². The number of ether oxygens (including phenoxy) is 1. The molecule has 0 bridgehead atoms. The van der Waals surface area contributed by atoms with Crippen molar-refractivity contribution in [1.82, 2.24) is 0 Å². The third-order valence-corrected chi connectivity index (χ3v) is 2.23. The molecular weight excluding hydrogens is 179 g/mol. The van der Waals surface area contributed by atoms with Crippen molar-refractivity contribution in [2.24, 2.45) is 0 Å². The fraction of sp³-hybridized carbons (Fsp3) is 0.333. The minimum absolute atomic E-state index is 0.241. The van der Waals surface area contributed by atoms with Gasteiger partial charge in [-0.1, -0.05) is 11.6 Å². The molecule has 0 N–H and O–H groups in total. The Bertz CT molecular complexity index is 297. The van der Waals surface area contributed by atoms with Gasteiger partial charge in [0.05, 0.1) is 12.7 Å². The topological polar surface area (TPSA) is 12.5 Å². The lowest BCUT2D eigenvalue weighted by atomic mass is 10.1. The lowest BCUT2D eigenvalue weighted by molar-refractivity contribution is 0.407. The second-order valence-electron chi connectivity index (χ2n) is 2.90. The summed E-state index contributed by atoms with van der Waals surface area (Å²) < 4.78 is 17.7. The van der Waals surface area contributed by atoms with E-state index in [-0.39, 0.29) is 11.9 Å². The summed E-state index contributed by atoms with van der Waals surface area (Å²) in [5.41, 5.74) is 0.833. The van der Waals surface area contributed by atoms with E-state index in [1.54, 1.807) is 6.07 Å². The van der Waals surface area contributed by atoms with Crippen molar-refractivity contribution in [2.75, 3.05) is 6.61 Å². The molecule has 1 aromatic carbocycles. The van der Waals surface area contributed by atoms with Gasteiger partial charge in [0.1, 0.15) is 5.82 Å². The summed E-state index contributed by atoms with van der Waals surface area (Å²) in [7, 11) is 0. The van der Waals surface area contributed by atoms with E-state index < -0.39 is 0 Å². The van der Waals surface area contributed by atoms with Crippen LogP contribution >= 0.6 is 11.6 Å². The van der Waals surface area contributed by atoms with Crippen LogP contribution in [0.2, 0.25) is 5.02 Å². The minimum Gasteiger partial charge on any atom is -0.373 e. The summed E-state index contributed by atoms with van der Waals surface area (Å²) in [4.78, 5) is 0. The predicted molar refractivity (Wildman–Crippen MR) is 44.9 cm³/mol. The molecule has 2 rings (SSSR count). The second-order valence-corrected chi connectivity index (χ2v) is 3.30. The van der Waals surface area contributed by atoms with E-state index in [1.807, 2.05) is 0 Å². The van der Waals surface area contributed by atoms with Crippen molar-refractivity contribution in [3.8, 4) is 0 Å². The van der Waals surface area contributed by atoms with Crippen LogP contribution in [0.4, 0.5) is 4.39 Å². The molecule has 1 atom stereocenters. The molecule has 64 valence electrons. The van der Waals surface area contributed by atoms with Crippen molar-refractivity contribution < 1.29 is 9.13 Å². The molecule has 0 saturated carbocycles. The molecule has 1 aromatic rings. The van der Waals surface area contributed by atoms with Crippen LogP contribution in [-0.4, -0.2) is 12.7 Å². The molecule has 1 aliphatic heterocycles. The highest BCUT2D eigenvalue weighted by Gasteiger charge is 2.23. The van der Waals surface area contributed by atoms with Crippen LogP contribution < -0.4 is 0 Å². The van der Waals surface area contributed by atoms with E-state index in [4.69, 9.17) is 16.3 Å². The van der Waals surface area contributed by atoms with Crippen molar-refractivity contribution in [1.29, 1.82) is 0 Å². The average molecular weight is 187 g/mol. The van der Waals surface area contributed by atoms with Crippen molar-refractivity contribution in [2.45, 2.75) is 12.5 Å². The van der Waals surface area contributed by atoms with Gasteiger partial charge in [-0.2, -0.15) is 0 Å². The zero-order valence-corrected chi connectivity index (χ0v) is 7.14. The Morgan fingerprint density at radius 3 is 3.00 bits per heavy atom. The van der Waals surface area contributed by atoms with Gasteiger partial charge < -0.3 is 4.74 Å². The summed E-state index contributed by atoms with van der Waals surface area (Å²) in [6, 6.07) is 4.40. The molecule has 0 radical (unpaired) electrons. The van der Waals surface area contributed by atoms with Crippen molar-refractivity contribution in [3.63, 3.8) is 0 Å². The van der Waals surface area contributed by atoms with E-state index in [0.29, 0.717) is 5.02 Å². The van der Waals surface area contributed by atoms with E-state index in [2.05, 4.69) is 0 Å². The molecule has 1 aliphatic rings. The van der Waals surface area contributed by atoms with Crippen LogP contribution in [0.1, 0.15) is 5.56 Å². The molecule has 12 heavy (non-hydrogen) atoms. The standard InChI is InChI=1S/C9H8ClFO/c10-9-2-1-7(11)3-6(9)4-8-5-12-8/h1-3,8H,4-5H2. The smallest absolute Gasteiger partial charge is 0.123 e. The average Bonchev–Trinajstić information content (AvgIpc) is 2.81. The minimum atomic E-state index is -0.241. The number of epoxide rings is 1. The summed E-state index contributed by atoms with van der Waals surface area (Å²) in [5.74, 6) is -0.241. The highest BCUT2D eigenvalue weighted by atomic mass is 35.5. The lowest BCUT2D eigenvalue weighted by Gasteiger charge is -2.00. The van der Waals surface area contributed by atoms with Gasteiger partial charge in [0.2, 0.25) is 0 Å². The summed E-state index contributed by atoms with van der Waals surface area (Å²) >= 11 is 5.85. The van der Waals surface area contributed by atoms with E-state index in [0.717, 1.165) is 18.6 Å². The Kier molecular flexibility index (Phi) is 2.03. The molecule has 3 heteroatoms. The molecule has 0 amide bonds. The highest BCUT2D eigenvalue weighted by molar-refractivity contribution is 6.31. The molecule has 1 unspecified atom stereocenters. The molecule has 1 fully saturated rings. The first-order valence-electron chi connectivity index (χ1n) is 3.81. The first kappa shape index (κ1) is 8.02. The Balaban J connectivity index is 2.21. The van der Waals surface area contributed by atoms with Crippen LogP contribution in [0.5, 0.6) is 0 Å². The van der Waals surface area contributed by atoms with E-state index >= 15 is 0 Å². The number of benzene rings is 1. The van der Waals surface area contributed by atoms with Gasteiger partial charge in [-0.05, 0) is 23.8 Å². The van der Waals surface area contributed by atoms with Gasteiger partial charge in [-0.15, -0.1) is 0 Å². The predicted octanol–water partition coefficient (Wildman–Crippen LogP) is 2.42. The Morgan fingerprint density at radius 2 is 2.33 bits per heavy atom. The largest absolute Gasteiger partial charge is 0.373 e. The normalized spacial score (nSPS) is 21.0. The van der Waals surface area contributed by atoms with Crippen LogP contribution in [-0.2, 0) is 11.2 Å². The van der Waals surface area contributed by atoms with Crippen LogP contribution in [0, 0.1) is 5.82 Å².